The van der Waals surface area contributed by atoms with Crippen LogP contribution in [0.1, 0.15) is 10.4 Å². The molecule has 0 spiro atoms. The number of aliphatic carboxylic acids is 1. The number of carbonyl (C=O) groups excluding carboxylic acids is 1. The van der Waals surface area contributed by atoms with Gasteiger partial charge in [0.1, 0.15) is 23.6 Å². The molecular weight excluding hydrogens is 470 g/mol. The van der Waals surface area contributed by atoms with Crippen LogP contribution < -0.4 is 10.1 Å². The molecule has 1 amide bonds. The summed E-state index contributed by atoms with van der Waals surface area (Å²) in [7, 11) is 0. The molecule has 0 saturated carbocycles. The van der Waals surface area contributed by atoms with E-state index in [1.807, 2.05) is 0 Å². The van der Waals surface area contributed by atoms with Crippen molar-refractivity contribution < 1.29 is 28.2 Å². The van der Waals surface area contributed by atoms with Gasteiger partial charge in [-0.05, 0) is 35.0 Å². The summed E-state index contributed by atoms with van der Waals surface area (Å²) in [5.41, 5.74) is 0.825. The lowest BCUT2D eigenvalue weighted by Crippen LogP contribution is -2.12. The Kier molecular flexibility index (Phi) is 5.37. The zero-order valence-electron chi connectivity index (χ0n) is 17.1. The Labute approximate surface area is 193 Å². The maximum absolute atomic E-state index is 13.2. The molecule has 5 aromatic rings. The van der Waals surface area contributed by atoms with Crippen molar-refractivity contribution in [2.75, 3.05) is 5.32 Å². The van der Waals surface area contributed by atoms with Crippen LogP contribution in [0.2, 0.25) is 0 Å². The van der Waals surface area contributed by atoms with Crippen molar-refractivity contribution >= 4 is 44.6 Å². The number of thiophene rings is 1. The predicted molar refractivity (Wildman–Crippen MR) is 118 cm³/mol. The number of benzene rings is 1. The molecule has 0 aliphatic carbocycles. The number of carboxylic acid groups (broad SMARTS) is 1. The standard InChI is InChI=1S/C21H14F2N6O4S/c22-21(23)33-15-6-11-2-5-34-16(11)7-12(15)18-14(9-28(27-18)10-17(30)31)26-20(32)13-8-25-29-4-1-3-24-19(13)29/h1-9,21H,10H2,(H,26,32)(H,30,31). The number of halogens is 2. The zero-order valence-corrected chi connectivity index (χ0v) is 17.9. The summed E-state index contributed by atoms with van der Waals surface area (Å²) in [6, 6.07) is 6.47. The molecule has 10 nitrogen and oxygen atoms in total. The van der Waals surface area contributed by atoms with Crippen LogP contribution in [0, 0.1) is 0 Å². The molecule has 0 aliphatic rings. The lowest BCUT2D eigenvalue weighted by molar-refractivity contribution is -0.137. The van der Waals surface area contributed by atoms with Gasteiger partial charge >= 0.3 is 12.6 Å². The Bertz CT molecular complexity index is 1540. The fourth-order valence-electron chi connectivity index (χ4n) is 3.48. The van der Waals surface area contributed by atoms with E-state index in [4.69, 9.17) is 4.74 Å². The maximum atomic E-state index is 13.2. The molecule has 5 rings (SSSR count). The molecule has 0 atom stereocenters. The van der Waals surface area contributed by atoms with Gasteiger partial charge in [0.25, 0.3) is 5.91 Å². The average Bonchev–Trinajstić information content (AvgIpc) is 3.50. The minimum atomic E-state index is -3.10. The van der Waals surface area contributed by atoms with Gasteiger partial charge in [-0.3, -0.25) is 14.3 Å². The highest BCUT2D eigenvalue weighted by atomic mass is 32.1. The Balaban J connectivity index is 1.61. The van der Waals surface area contributed by atoms with Crippen LogP contribution in [0.25, 0.3) is 27.0 Å². The number of rotatable bonds is 7. The van der Waals surface area contributed by atoms with Crippen molar-refractivity contribution in [1.29, 1.82) is 0 Å². The van der Waals surface area contributed by atoms with Crippen molar-refractivity contribution in [1.82, 2.24) is 24.4 Å². The van der Waals surface area contributed by atoms with Crippen molar-refractivity contribution in [2.45, 2.75) is 13.2 Å². The molecule has 4 heterocycles. The average molecular weight is 484 g/mol. The first-order valence-corrected chi connectivity index (χ1v) is 10.6. The maximum Gasteiger partial charge on any atom is 0.387 e. The minimum absolute atomic E-state index is 0.0741. The fourth-order valence-corrected chi connectivity index (χ4v) is 4.29. The number of carboxylic acids is 1. The molecule has 0 aliphatic heterocycles. The Morgan fingerprint density at radius 2 is 2.15 bits per heavy atom. The number of alkyl halides is 2. The monoisotopic (exact) mass is 484 g/mol. The van der Waals surface area contributed by atoms with E-state index >= 15 is 0 Å². The lowest BCUT2D eigenvalue weighted by atomic mass is 10.1. The molecule has 0 fully saturated rings. The van der Waals surface area contributed by atoms with Crippen LogP contribution in [0.4, 0.5) is 14.5 Å². The first kappa shape index (κ1) is 21.5. The van der Waals surface area contributed by atoms with Gasteiger partial charge in [-0.25, -0.2) is 9.50 Å². The molecule has 4 aromatic heterocycles. The number of hydrogen-bond acceptors (Lipinski definition) is 7. The number of nitrogens with one attached hydrogen (secondary N) is 1. The number of nitrogens with zero attached hydrogens (tertiary/aromatic N) is 5. The highest BCUT2D eigenvalue weighted by molar-refractivity contribution is 7.17. The number of anilines is 1. The summed E-state index contributed by atoms with van der Waals surface area (Å²) >= 11 is 1.38. The number of amides is 1. The second-order valence-corrected chi connectivity index (χ2v) is 8.02. The van der Waals surface area contributed by atoms with E-state index in [0.717, 1.165) is 9.38 Å². The second-order valence-electron chi connectivity index (χ2n) is 7.07. The van der Waals surface area contributed by atoms with Crippen LogP contribution >= 0.6 is 11.3 Å². The molecular formula is C21H14F2N6O4S. The number of carbonyl (C=O) groups is 2. The van der Waals surface area contributed by atoms with E-state index in [0.29, 0.717) is 11.0 Å². The third-order valence-electron chi connectivity index (χ3n) is 4.86. The molecule has 13 heteroatoms. The molecule has 2 N–H and O–H groups in total. The van der Waals surface area contributed by atoms with Gasteiger partial charge in [0, 0.05) is 28.9 Å². The van der Waals surface area contributed by atoms with Crippen molar-refractivity contribution in [3.63, 3.8) is 0 Å². The van der Waals surface area contributed by atoms with Crippen molar-refractivity contribution in [2.24, 2.45) is 0 Å². The lowest BCUT2D eigenvalue weighted by Gasteiger charge is -2.11. The third-order valence-corrected chi connectivity index (χ3v) is 5.74. The van der Waals surface area contributed by atoms with E-state index in [2.05, 4.69) is 20.5 Å². The number of hydrogen-bond donors (Lipinski definition) is 2. The summed E-state index contributed by atoms with van der Waals surface area (Å²) in [5.74, 6) is -1.91. The first-order chi connectivity index (χ1) is 16.4. The number of aromatic nitrogens is 5. The summed E-state index contributed by atoms with van der Waals surface area (Å²) in [4.78, 5) is 28.4. The van der Waals surface area contributed by atoms with Gasteiger partial charge in [-0.1, -0.05) is 0 Å². The van der Waals surface area contributed by atoms with Crippen LogP contribution in [0.3, 0.4) is 0 Å². The van der Waals surface area contributed by atoms with Crippen LogP contribution in [0.5, 0.6) is 5.75 Å². The molecule has 1 aromatic carbocycles. The van der Waals surface area contributed by atoms with Crippen molar-refractivity contribution in [3.05, 3.63) is 60.0 Å². The van der Waals surface area contributed by atoms with Gasteiger partial charge in [-0.15, -0.1) is 11.3 Å². The van der Waals surface area contributed by atoms with E-state index in [-0.39, 0.29) is 28.3 Å². The first-order valence-electron chi connectivity index (χ1n) is 9.74. The van der Waals surface area contributed by atoms with Crippen LogP contribution in [-0.2, 0) is 11.3 Å². The Hall–Kier alpha value is -4.39. The highest BCUT2D eigenvalue weighted by Crippen LogP contribution is 2.39. The Morgan fingerprint density at radius 1 is 1.29 bits per heavy atom. The van der Waals surface area contributed by atoms with E-state index in [1.165, 1.54) is 40.5 Å². The summed E-state index contributed by atoms with van der Waals surface area (Å²) in [5, 5.41) is 22.7. The number of ether oxygens (including phenoxy) is 1. The number of fused-ring (bicyclic) bond motifs is 2. The van der Waals surface area contributed by atoms with Gasteiger partial charge in [0.15, 0.2) is 5.65 Å². The van der Waals surface area contributed by atoms with Gasteiger partial charge in [-0.2, -0.15) is 19.0 Å². The van der Waals surface area contributed by atoms with Crippen LogP contribution in [-0.4, -0.2) is 48.0 Å². The largest absolute Gasteiger partial charge is 0.480 e. The molecule has 0 radical (unpaired) electrons. The van der Waals surface area contributed by atoms with E-state index in [9.17, 15) is 23.5 Å². The predicted octanol–water partition coefficient (Wildman–Crippen LogP) is 3.75. The quantitative estimate of drug-likeness (QED) is 0.361. The fraction of sp³-hybridized carbons (Fsp3) is 0.0952. The van der Waals surface area contributed by atoms with E-state index in [1.54, 1.807) is 29.8 Å². The molecule has 0 unspecified atom stereocenters. The summed E-state index contributed by atoms with van der Waals surface area (Å²) < 4.78 is 34.3. The third kappa shape index (κ3) is 4.03. The van der Waals surface area contributed by atoms with Gasteiger partial charge in [0.05, 0.1) is 11.9 Å². The molecule has 0 bridgehead atoms. The SMILES string of the molecule is O=C(O)Cn1cc(NC(=O)c2cnn3cccnc23)c(-c2cc3sccc3cc2OC(F)F)n1. The van der Waals surface area contributed by atoms with Crippen molar-refractivity contribution in [3.8, 4) is 17.0 Å². The highest BCUT2D eigenvalue weighted by Gasteiger charge is 2.23. The Morgan fingerprint density at radius 3 is 2.94 bits per heavy atom. The minimum Gasteiger partial charge on any atom is -0.480 e. The smallest absolute Gasteiger partial charge is 0.387 e. The normalized spacial score (nSPS) is 11.4. The zero-order chi connectivity index (χ0) is 23.8. The summed E-state index contributed by atoms with van der Waals surface area (Å²) in [6.07, 6.45) is 5.78. The topological polar surface area (TPSA) is 124 Å². The second kappa shape index (κ2) is 8.51. The molecule has 172 valence electrons. The van der Waals surface area contributed by atoms with Gasteiger partial charge < -0.3 is 15.2 Å². The molecule has 34 heavy (non-hydrogen) atoms. The van der Waals surface area contributed by atoms with E-state index < -0.39 is 25.0 Å². The molecule has 0 saturated heterocycles. The van der Waals surface area contributed by atoms with Gasteiger partial charge in [0.2, 0.25) is 0 Å². The summed E-state index contributed by atoms with van der Waals surface area (Å²) in [6.45, 7) is -3.60. The van der Waals surface area contributed by atoms with Crippen LogP contribution in [0.15, 0.2) is 54.4 Å².